The van der Waals surface area contributed by atoms with Crippen molar-refractivity contribution < 1.29 is 9.90 Å². The van der Waals surface area contributed by atoms with Crippen LogP contribution in [-0.4, -0.2) is 43.8 Å². The number of aliphatic carboxylic acids is 1. The van der Waals surface area contributed by atoms with Gasteiger partial charge in [0.05, 0.1) is 12.5 Å². The van der Waals surface area contributed by atoms with Crippen LogP contribution in [0.4, 0.5) is 0 Å². The van der Waals surface area contributed by atoms with E-state index in [1.165, 1.54) is 0 Å². The number of aryl methyl sites for hydroxylation is 1. The van der Waals surface area contributed by atoms with Crippen molar-refractivity contribution >= 4 is 5.97 Å². The molecule has 2 rings (SSSR count). The molecule has 0 spiro atoms. The van der Waals surface area contributed by atoms with Gasteiger partial charge in [-0.1, -0.05) is 6.92 Å². The number of hydrogen-bond acceptors (Lipinski definition) is 4. The van der Waals surface area contributed by atoms with Gasteiger partial charge in [0.1, 0.15) is 12.2 Å². The minimum Gasteiger partial charge on any atom is -0.481 e. The Balaban J connectivity index is 2.00. The highest BCUT2D eigenvalue weighted by Gasteiger charge is 2.34. The molecule has 1 aliphatic rings. The first-order valence-electron chi connectivity index (χ1n) is 5.93. The SMILES string of the molecule is CCn1ncnc1CN1C[C@@H](C)[C@H](C(=O)O)C1. The molecular weight excluding hydrogens is 220 g/mol. The van der Waals surface area contributed by atoms with Gasteiger partial charge in [0.2, 0.25) is 0 Å². The molecule has 17 heavy (non-hydrogen) atoms. The fourth-order valence-electron chi connectivity index (χ4n) is 2.39. The summed E-state index contributed by atoms with van der Waals surface area (Å²) in [5.41, 5.74) is 0. The number of nitrogens with zero attached hydrogens (tertiary/aromatic N) is 4. The van der Waals surface area contributed by atoms with Gasteiger partial charge in [0.25, 0.3) is 0 Å². The average molecular weight is 238 g/mol. The van der Waals surface area contributed by atoms with E-state index in [1.807, 2.05) is 18.5 Å². The first-order valence-corrected chi connectivity index (χ1v) is 5.93. The van der Waals surface area contributed by atoms with Crippen LogP contribution in [0.3, 0.4) is 0 Å². The molecule has 0 aliphatic carbocycles. The molecule has 6 nitrogen and oxygen atoms in total. The third-order valence-electron chi connectivity index (χ3n) is 3.37. The molecule has 0 radical (unpaired) electrons. The second-order valence-electron chi connectivity index (χ2n) is 4.61. The van der Waals surface area contributed by atoms with Gasteiger partial charge in [-0.25, -0.2) is 9.67 Å². The quantitative estimate of drug-likeness (QED) is 0.824. The van der Waals surface area contributed by atoms with Crippen LogP contribution in [0, 0.1) is 11.8 Å². The normalized spacial score (nSPS) is 25.3. The van der Waals surface area contributed by atoms with E-state index in [1.54, 1.807) is 6.33 Å². The summed E-state index contributed by atoms with van der Waals surface area (Å²) in [6, 6.07) is 0. The first kappa shape index (κ1) is 12.0. The van der Waals surface area contributed by atoms with Crippen molar-refractivity contribution in [1.82, 2.24) is 19.7 Å². The van der Waals surface area contributed by atoms with Crippen LogP contribution in [0.2, 0.25) is 0 Å². The minimum absolute atomic E-state index is 0.200. The minimum atomic E-state index is -0.697. The standard InChI is InChI=1S/C11H18N4O2/c1-3-15-10(12-7-13-15)6-14-4-8(2)9(5-14)11(16)17/h7-9H,3-6H2,1-2H3,(H,16,17)/t8-,9-/m1/s1. The summed E-state index contributed by atoms with van der Waals surface area (Å²) in [5, 5.41) is 13.2. The van der Waals surface area contributed by atoms with Gasteiger partial charge in [-0.05, 0) is 12.8 Å². The smallest absolute Gasteiger partial charge is 0.308 e. The third-order valence-corrected chi connectivity index (χ3v) is 3.37. The molecule has 0 saturated carbocycles. The van der Waals surface area contributed by atoms with Crippen LogP contribution in [-0.2, 0) is 17.9 Å². The number of likely N-dealkylation sites (tertiary alicyclic amines) is 1. The Bertz CT molecular complexity index is 404. The molecule has 1 N–H and O–H groups in total. The van der Waals surface area contributed by atoms with Crippen LogP contribution in [0.1, 0.15) is 19.7 Å². The summed E-state index contributed by atoms with van der Waals surface area (Å²) in [6.45, 7) is 6.90. The second-order valence-corrected chi connectivity index (χ2v) is 4.61. The van der Waals surface area contributed by atoms with Gasteiger partial charge in [0, 0.05) is 19.6 Å². The first-order chi connectivity index (χ1) is 8.11. The highest BCUT2D eigenvalue weighted by molar-refractivity contribution is 5.71. The zero-order valence-electron chi connectivity index (χ0n) is 10.2. The maximum absolute atomic E-state index is 11.0. The van der Waals surface area contributed by atoms with Crippen molar-refractivity contribution in [2.75, 3.05) is 13.1 Å². The molecule has 1 aromatic rings. The van der Waals surface area contributed by atoms with Gasteiger partial charge < -0.3 is 5.11 Å². The fourth-order valence-corrected chi connectivity index (χ4v) is 2.39. The van der Waals surface area contributed by atoms with Crippen molar-refractivity contribution in [3.8, 4) is 0 Å². The number of rotatable bonds is 4. The van der Waals surface area contributed by atoms with Crippen LogP contribution in [0.5, 0.6) is 0 Å². The van der Waals surface area contributed by atoms with Crippen LogP contribution >= 0.6 is 0 Å². The number of carboxylic acid groups (broad SMARTS) is 1. The maximum Gasteiger partial charge on any atom is 0.308 e. The van der Waals surface area contributed by atoms with E-state index < -0.39 is 5.97 Å². The predicted molar refractivity (Wildman–Crippen MR) is 61.3 cm³/mol. The van der Waals surface area contributed by atoms with Crippen molar-refractivity contribution in [2.45, 2.75) is 26.9 Å². The van der Waals surface area contributed by atoms with E-state index in [0.717, 1.165) is 18.9 Å². The molecule has 6 heteroatoms. The highest BCUT2D eigenvalue weighted by atomic mass is 16.4. The molecule has 1 aliphatic heterocycles. The molecule has 1 fully saturated rings. The van der Waals surface area contributed by atoms with Crippen LogP contribution in [0.15, 0.2) is 6.33 Å². The summed E-state index contributed by atoms with van der Waals surface area (Å²) >= 11 is 0. The number of hydrogen-bond donors (Lipinski definition) is 1. The molecule has 1 saturated heterocycles. The molecule has 0 amide bonds. The van der Waals surface area contributed by atoms with Gasteiger partial charge in [-0.2, -0.15) is 5.10 Å². The fraction of sp³-hybridized carbons (Fsp3) is 0.727. The van der Waals surface area contributed by atoms with Crippen molar-refractivity contribution in [3.63, 3.8) is 0 Å². The molecule has 0 aromatic carbocycles. The Morgan fingerprint density at radius 3 is 2.94 bits per heavy atom. The van der Waals surface area contributed by atoms with Gasteiger partial charge >= 0.3 is 5.97 Å². The van der Waals surface area contributed by atoms with Crippen LogP contribution in [0.25, 0.3) is 0 Å². The lowest BCUT2D eigenvalue weighted by Gasteiger charge is -2.14. The van der Waals surface area contributed by atoms with E-state index >= 15 is 0 Å². The van der Waals surface area contributed by atoms with E-state index in [-0.39, 0.29) is 11.8 Å². The van der Waals surface area contributed by atoms with Crippen molar-refractivity contribution in [3.05, 3.63) is 12.2 Å². The lowest BCUT2D eigenvalue weighted by molar-refractivity contribution is -0.142. The van der Waals surface area contributed by atoms with Gasteiger partial charge in [-0.3, -0.25) is 9.69 Å². The van der Waals surface area contributed by atoms with Gasteiger partial charge in [-0.15, -0.1) is 0 Å². The number of carboxylic acids is 1. The molecule has 2 heterocycles. The maximum atomic E-state index is 11.0. The summed E-state index contributed by atoms with van der Waals surface area (Å²) < 4.78 is 1.85. The number of carbonyl (C=O) groups is 1. The summed E-state index contributed by atoms with van der Waals surface area (Å²) in [5.74, 6) is 0.154. The van der Waals surface area contributed by atoms with Crippen LogP contribution < -0.4 is 0 Å². The zero-order chi connectivity index (χ0) is 12.4. The van der Waals surface area contributed by atoms with Gasteiger partial charge in [0.15, 0.2) is 0 Å². The molecule has 0 bridgehead atoms. The monoisotopic (exact) mass is 238 g/mol. The van der Waals surface area contributed by atoms with Crippen molar-refractivity contribution in [2.24, 2.45) is 11.8 Å². The highest BCUT2D eigenvalue weighted by Crippen LogP contribution is 2.24. The largest absolute Gasteiger partial charge is 0.481 e. The Hall–Kier alpha value is -1.43. The van der Waals surface area contributed by atoms with E-state index in [9.17, 15) is 4.79 Å². The summed E-state index contributed by atoms with van der Waals surface area (Å²) in [7, 11) is 0. The summed E-state index contributed by atoms with van der Waals surface area (Å²) in [6.07, 6.45) is 1.55. The zero-order valence-corrected chi connectivity index (χ0v) is 10.2. The average Bonchev–Trinajstić information content (AvgIpc) is 2.85. The molecule has 2 atom stereocenters. The van der Waals surface area contributed by atoms with Crippen molar-refractivity contribution in [1.29, 1.82) is 0 Å². The molecular formula is C11H18N4O2. The lowest BCUT2D eigenvalue weighted by atomic mass is 9.99. The number of aromatic nitrogens is 3. The molecule has 94 valence electrons. The Kier molecular flexibility index (Phi) is 3.42. The molecule has 0 unspecified atom stereocenters. The second kappa shape index (κ2) is 4.83. The Morgan fingerprint density at radius 1 is 1.59 bits per heavy atom. The lowest BCUT2D eigenvalue weighted by Crippen LogP contribution is -2.24. The third kappa shape index (κ3) is 2.46. The Morgan fingerprint density at radius 2 is 2.35 bits per heavy atom. The van der Waals surface area contributed by atoms with E-state index in [2.05, 4.69) is 15.0 Å². The van der Waals surface area contributed by atoms with E-state index in [0.29, 0.717) is 13.1 Å². The topological polar surface area (TPSA) is 71.2 Å². The summed E-state index contributed by atoms with van der Waals surface area (Å²) in [4.78, 5) is 17.4. The van der Waals surface area contributed by atoms with E-state index in [4.69, 9.17) is 5.11 Å². The Labute approximate surface area is 100 Å². The predicted octanol–water partition coefficient (Wildman–Crippen LogP) is 0.450. The molecule has 1 aromatic heterocycles.